The van der Waals surface area contributed by atoms with Crippen LogP contribution in [0, 0.1) is 0 Å². The summed E-state index contributed by atoms with van der Waals surface area (Å²) >= 11 is 5.84. The molecule has 4 rings (SSSR count). The highest BCUT2D eigenvalue weighted by atomic mass is 35.5. The Hall–Kier alpha value is -3.06. The molecule has 1 aromatic heterocycles. The Balaban J connectivity index is 1.29. The van der Waals surface area contributed by atoms with Crippen LogP contribution in [-0.4, -0.2) is 53.8 Å². The molecule has 0 N–H and O–H groups in total. The molecule has 2 heterocycles. The van der Waals surface area contributed by atoms with E-state index in [1.165, 1.54) is 0 Å². The second-order valence-corrected chi connectivity index (χ2v) is 6.80. The van der Waals surface area contributed by atoms with Gasteiger partial charge in [0.15, 0.2) is 6.61 Å². The molecule has 0 spiro atoms. The molecule has 0 unspecified atom stereocenters. The fourth-order valence-corrected chi connectivity index (χ4v) is 3.08. The van der Waals surface area contributed by atoms with Gasteiger partial charge < -0.3 is 19.0 Å². The number of ether oxygens (including phenoxy) is 1. The van der Waals surface area contributed by atoms with Crippen LogP contribution in [0.2, 0.25) is 5.02 Å². The van der Waals surface area contributed by atoms with Gasteiger partial charge in [0, 0.05) is 36.8 Å². The molecule has 1 aliphatic heterocycles. The van der Waals surface area contributed by atoms with Crippen LogP contribution in [-0.2, 0) is 4.79 Å². The lowest BCUT2D eigenvalue weighted by Gasteiger charge is -2.33. The van der Waals surface area contributed by atoms with E-state index in [1.54, 1.807) is 29.2 Å². The van der Waals surface area contributed by atoms with E-state index in [0.29, 0.717) is 48.9 Å². The van der Waals surface area contributed by atoms with Crippen LogP contribution in [0.1, 0.15) is 0 Å². The van der Waals surface area contributed by atoms with Crippen LogP contribution in [0.25, 0.3) is 11.5 Å². The Morgan fingerprint density at radius 1 is 1.00 bits per heavy atom. The maximum absolute atomic E-state index is 12.4. The van der Waals surface area contributed by atoms with Crippen molar-refractivity contribution in [1.82, 2.24) is 15.1 Å². The summed E-state index contributed by atoms with van der Waals surface area (Å²) < 4.78 is 11.3. The number of amides is 1. The summed E-state index contributed by atoms with van der Waals surface area (Å²) in [6.07, 6.45) is 0. The van der Waals surface area contributed by atoms with Crippen molar-refractivity contribution in [3.8, 4) is 17.2 Å². The van der Waals surface area contributed by atoms with Gasteiger partial charge in [-0.05, 0) is 36.4 Å². The molecule has 1 saturated heterocycles. The van der Waals surface area contributed by atoms with Gasteiger partial charge in [-0.2, -0.15) is 0 Å². The SMILES string of the molecule is O=C(COc1ccc(Cl)cc1)N1CCN(c2nnc(-c3ccccc3)o2)CC1. The van der Waals surface area contributed by atoms with E-state index in [0.717, 1.165) is 5.56 Å². The van der Waals surface area contributed by atoms with Crippen molar-refractivity contribution < 1.29 is 13.9 Å². The summed E-state index contributed by atoms with van der Waals surface area (Å²) in [6.45, 7) is 2.41. The van der Waals surface area contributed by atoms with Crippen molar-refractivity contribution >= 4 is 23.5 Å². The summed E-state index contributed by atoms with van der Waals surface area (Å²) in [7, 11) is 0. The second-order valence-electron chi connectivity index (χ2n) is 6.37. The van der Waals surface area contributed by atoms with Gasteiger partial charge >= 0.3 is 6.01 Å². The van der Waals surface area contributed by atoms with Gasteiger partial charge in [0.25, 0.3) is 5.91 Å². The highest BCUT2D eigenvalue weighted by Gasteiger charge is 2.24. The average Bonchev–Trinajstić information content (AvgIpc) is 3.24. The molecule has 144 valence electrons. The van der Waals surface area contributed by atoms with E-state index in [4.69, 9.17) is 20.8 Å². The number of aromatic nitrogens is 2. The van der Waals surface area contributed by atoms with Gasteiger partial charge in [-0.1, -0.05) is 34.9 Å². The van der Waals surface area contributed by atoms with E-state index >= 15 is 0 Å². The monoisotopic (exact) mass is 398 g/mol. The zero-order valence-corrected chi connectivity index (χ0v) is 15.9. The maximum atomic E-state index is 12.4. The van der Waals surface area contributed by atoms with Crippen molar-refractivity contribution in [2.24, 2.45) is 0 Å². The normalized spacial score (nSPS) is 14.2. The lowest BCUT2D eigenvalue weighted by molar-refractivity contribution is -0.133. The van der Waals surface area contributed by atoms with Gasteiger partial charge in [-0.3, -0.25) is 4.79 Å². The minimum Gasteiger partial charge on any atom is -0.484 e. The molecule has 28 heavy (non-hydrogen) atoms. The molecule has 1 fully saturated rings. The predicted octanol–water partition coefficient (Wildman–Crippen LogP) is 3.12. The fraction of sp³-hybridized carbons (Fsp3) is 0.250. The summed E-state index contributed by atoms with van der Waals surface area (Å²) in [4.78, 5) is 16.1. The van der Waals surface area contributed by atoms with E-state index in [1.807, 2.05) is 35.2 Å². The van der Waals surface area contributed by atoms with Crippen LogP contribution in [0.15, 0.2) is 59.0 Å². The van der Waals surface area contributed by atoms with Crippen molar-refractivity contribution in [1.29, 1.82) is 0 Å². The Bertz CT molecular complexity index is 922. The first-order chi connectivity index (χ1) is 13.7. The third kappa shape index (κ3) is 4.26. The summed E-state index contributed by atoms with van der Waals surface area (Å²) in [5.41, 5.74) is 0.884. The largest absolute Gasteiger partial charge is 0.484 e. The van der Waals surface area contributed by atoms with Gasteiger partial charge in [0.2, 0.25) is 5.89 Å². The Morgan fingerprint density at radius 2 is 1.71 bits per heavy atom. The highest BCUT2D eigenvalue weighted by molar-refractivity contribution is 6.30. The summed E-state index contributed by atoms with van der Waals surface area (Å²) in [5.74, 6) is 1.06. The molecule has 8 heteroatoms. The molecule has 0 saturated carbocycles. The van der Waals surface area contributed by atoms with Gasteiger partial charge in [0.05, 0.1) is 0 Å². The smallest absolute Gasteiger partial charge is 0.318 e. The zero-order chi connectivity index (χ0) is 19.3. The molecule has 3 aromatic rings. The number of anilines is 1. The van der Waals surface area contributed by atoms with Gasteiger partial charge in [-0.25, -0.2) is 0 Å². The molecule has 0 aliphatic carbocycles. The number of carbonyl (C=O) groups excluding carboxylic acids is 1. The number of benzene rings is 2. The quantitative estimate of drug-likeness (QED) is 0.657. The number of halogens is 1. The van der Waals surface area contributed by atoms with E-state index in [9.17, 15) is 4.79 Å². The number of piperazine rings is 1. The Morgan fingerprint density at radius 3 is 2.43 bits per heavy atom. The van der Waals surface area contributed by atoms with Crippen molar-refractivity contribution in [2.45, 2.75) is 0 Å². The lowest BCUT2D eigenvalue weighted by atomic mass is 10.2. The number of carbonyl (C=O) groups is 1. The topological polar surface area (TPSA) is 71.7 Å². The molecule has 2 aromatic carbocycles. The number of hydrogen-bond acceptors (Lipinski definition) is 6. The van der Waals surface area contributed by atoms with Crippen LogP contribution < -0.4 is 9.64 Å². The predicted molar refractivity (Wildman–Crippen MR) is 105 cm³/mol. The first-order valence-corrected chi connectivity index (χ1v) is 9.37. The van der Waals surface area contributed by atoms with Crippen LogP contribution in [0.4, 0.5) is 6.01 Å². The lowest BCUT2D eigenvalue weighted by Crippen LogP contribution is -2.50. The molecule has 1 aliphatic rings. The second kappa shape index (κ2) is 8.31. The number of nitrogens with zero attached hydrogens (tertiary/aromatic N) is 4. The summed E-state index contributed by atoms with van der Waals surface area (Å²) in [5, 5.41) is 8.89. The molecule has 0 atom stereocenters. The van der Waals surface area contributed by atoms with Crippen molar-refractivity contribution in [3.63, 3.8) is 0 Å². The third-order valence-corrected chi connectivity index (χ3v) is 4.77. The standard InChI is InChI=1S/C20H19ClN4O3/c21-16-6-8-17(9-7-16)27-14-18(26)24-10-12-25(13-11-24)20-23-22-19(28-20)15-4-2-1-3-5-15/h1-9H,10-14H2. The highest BCUT2D eigenvalue weighted by Crippen LogP contribution is 2.22. The van der Waals surface area contributed by atoms with E-state index in [-0.39, 0.29) is 12.5 Å². The van der Waals surface area contributed by atoms with Crippen LogP contribution >= 0.6 is 11.6 Å². The summed E-state index contributed by atoms with van der Waals surface area (Å²) in [6, 6.07) is 17.1. The van der Waals surface area contributed by atoms with Gasteiger partial charge in [-0.15, -0.1) is 5.10 Å². The van der Waals surface area contributed by atoms with Crippen LogP contribution in [0.5, 0.6) is 5.75 Å². The molecule has 7 nitrogen and oxygen atoms in total. The van der Waals surface area contributed by atoms with Crippen molar-refractivity contribution in [2.75, 3.05) is 37.7 Å². The zero-order valence-electron chi connectivity index (χ0n) is 15.1. The minimum absolute atomic E-state index is 0.000343. The Kier molecular flexibility index (Phi) is 5.43. The van der Waals surface area contributed by atoms with Gasteiger partial charge in [0.1, 0.15) is 5.75 Å². The third-order valence-electron chi connectivity index (χ3n) is 4.51. The maximum Gasteiger partial charge on any atom is 0.318 e. The van der Waals surface area contributed by atoms with E-state index < -0.39 is 0 Å². The first-order valence-electron chi connectivity index (χ1n) is 8.99. The molecule has 1 amide bonds. The number of rotatable bonds is 5. The van der Waals surface area contributed by atoms with Crippen LogP contribution in [0.3, 0.4) is 0 Å². The number of hydrogen-bond donors (Lipinski definition) is 0. The van der Waals surface area contributed by atoms with E-state index in [2.05, 4.69) is 10.2 Å². The average molecular weight is 399 g/mol. The molecule has 0 bridgehead atoms. The molecular weight excluding hydrogens is 380 g/mol. The fourth-order valence-electron chi connectivity index (χ4n) is 2.95. The molecular formula is C20H19ClN4O3. The van der Waals surface area contributed by atoms with Crippen molar-refractivity contribution in [3.05, 3.63) is 59.6 Å². The molecule has 0 radical (unpaired) electrons. The first kappa shape index (κ1) is 18.3. The Labute approximate surface area is 167 Å². The minimum atomic E-state index is -0.0508.